The number of hydrogen-bond donors (Lipinski definition) is 4. The third-order valence-corrected chi connectivity index (χ3v) is 5.88. The molecule has 9 heteroatoms. The van der Waals surface area contributed by atoms with E-state index in [0.29, 0.717) is 29.8 Å². The number of nitrogens with two attached hydrogens (primary N) is 1. The normalized spacial score (nSPS) is 11.1. The zero-order valence-electron chi connectivity index (χ0n) is 19.5. The fraction of sp³-hybridized carbons (Fsp3) is 0.111. The molecule has 6 aromatic rings. The lowest BCUT2D eigenvalue weighted by Gasteiger charge is -2.07. The van der Waals surface area contributed by atoms with Crippen LogP contribution in [0.1, 0.15) is 18.1 Å². The first-order chi connectivity index (χ1) is 17.4. The minimum Gasteiger partial charge on any atom is -0.481 e. The van der Waals surface area contributed by atoms with E-state index >= 15 is 0 Å². The highest BCUT2D eigenvalue weighted by molar-refractivity contribution is 5.97. The molecule has 0 aliphatic rings. The lowest BCUT2D eigenvalue weighted by atomic mass is 10.1. The molecule has 0 radical (unpaired) electrons. The number of aromatic amines is 2. The SMILES string of the molecule is CC(=O)O.NCc1cccc(Cn2cc(-c3nc4cc5[nH]ncc5cc4[nH]c3=O)c3ccccc32)c1. The molecular formula is C27H24N6O3. The first-order valence-corrected chi connectivity index (χ1v) is 11.4. The van der Waals surface area contributed by atoms with Crippen molar-refractivity contribution in [2.75, 3.05) is 0 Å². The van der Waals surface area contributed by atoms with Gasteiger partial charge in [0.15, 0.2) is 0 Å². The highest BCUT2D eigenvalue weighted by atomic mass is 16.4. The largest absolute Gasteiger partial charge is 0.481 e. The molecule has 0 atom stereocenters. The number of para-hydroxylation sites is 1. The van der Waals surface area contributed by atoms with Crippen molar-refractivity contribution < 1.29 is 9.90 Å². The van der Waals surface area contributed by atoms with Crippen molar-refractivity contribution in [3.63, 3.8) is 0 Å². The third kappa shape index (κ3) is 4.47. The molecule has 0 amide bonds. The Balaban J connectivity index is 0.000000623. The van der Waals surface area contributed by atoms with Gasteiger partial charge in [-0.05, 0) is 29.3 Å². The van der Waals surface area contributed by atoms with E-state index in [9.17, 15) is 4.79 Å². The van der Waals surface area contributed by atoms with Gasteiger partial charge in [0.25, 0.3) is 11.5 Å². The molecule has 0 spiro atoms. The smallest absolute Gasteiger partial charge is 0.300 e. The van der Waals surface area contributed by atoms with Gasteiger partial charge < -0.3 is 20.4 Å². The molecule has 0 aliphatic heterocycles. The number of aromatic nitrogens is 5. The van der Waals surface area contributed by atoms with Crippen LogP contribution in [0.4, 0.5) is 0 Å². The van der Waals surface area contributed by atoms with E-state index in [1.54, 1.807) is 6.20 Å². The van der Waals surface area contributed by atoms with Crippen LogP contribution in [0, 0.1) is 0 Å². The molecule has 180 valence electrons. The van der Waals surface area contributed by atoms with Gasteiger partial charge in [-0.2, -0.15) is 5.10 Å². The minimum atomic E-state index is -0.833. The summed E-state index contributed by atoms with van der Waals surface area (Å²) in [6, 6.07) is 20.1. The number of fused-ring (bicyclic) bond motifs is 3. The van der Waals surface area contributed by atoms with Gasteiger partial charge in [-0.1, -0.05) is 42.5 Å². The summed E-state index contributed by atoms with van der Waals surface area (Å²) < 4.78 is 2.16. The van der Waals surface area contributed by atoms with Crippen molar-refractivity contribution in [1.82, 2.24) is 24.7 Å². The fourth-order valence-corrected chi connectivity index (χ4v) is 4.33. The second-order valence-electron chi connectivity index (χ2n) is 8.47. The second-order valence-corrected chi connectivity index (χ2v) is 8.47. The van der Waals surface area contributed by atoms with Crippen LogP contribution in [-0.2, 0) is 17.9 Å². The predicted octanol–water partition coefficient (Wildman–Crippen LogP) is 4.02. The van der Waals surface area contributed by atoms with Crippen LogP contribution in [0.3, 0.4) is 0 Å². The number of H-pyrrole nitrogens is 2. The monoisotopic (exact) mass is 480 g/mol. The summed E-state index contributed by atoms with van der Waals surface area (Å²) in [5.41, 5.74) is 12.4. The first kappa shape index (κ1) is 23.0. The molecule has 36 heavy (non-hydrogen) atoms. The van der Waals surface area contributed by atoms with Crippen molar-refractivity contribution in [2.45, 2.75) is 20.0 Å². The molecule has 5 N–H and O–H groups in total. The Labute approximate surface area is 205 Å². The molecule has 0 bridgehead atoms. The van der Waals surface area contributed by atoms with Gasteiger partial charge in [0, 0.05) is 48.1 Å². The molecule has 6 rings (SSSR count). The fourth-order valence-electron chi connectivity index (χ4n) is 4.33. The first-order valence-electron chi connectivity index (χ1n) is 11.4. The van der Waals surface area contributed by atoms with Crippen molar-refractivity contribution in [2.24, 2.45) is 5.73 Å². The number of carboxylic acids is 1. The van der Waals surface area contributed by atoms with Crippen molar-refractivity contribution in [1.29, 1.82) is 0 Å². The zero-order valence-corrected chi connectivity index (χ0v) is 19.5. The van der Waals surface area contributed by atoms with Gasteiger partial charge in [-0.15, -0.1) is 0 Å². The van der Waals surface area contributed by atoms with Gasteiger partial charge in [-0.25, -0.2) is 4.98 Å². The number of aliphatic carboxylic acids is 1. The van der Waals surface area contributed by atoms with Crippen LogP contribution in [0.5, 0.6) is 0 Å². The Morgan fingerprint density at radius 2 is 1.83 bits per heavy atom. The van der Waals surface area contributed by atoms with E-state index in [0.717, 1.165) is 45.4 Å². The average Bonchev–Trinajstić information content (AvgIpc) is 3.46. The summed E-state index contributed by atoms with van der Waals surface area (Å²) in [6.07, 6.45) is 3.74. The number of benzene rings is 3. The molecule has 0 fully saturated rings. The van der Waals surface area contributed by atoms with Crippen molar-refractivity contribution >= 4 is 38.8 Å². The maximum Gasteiger partial charge on any atom is 0.300 e. The van der Waals surface area contributed by atoms with Crippen LogP contribution in [-0.4, -0.2) is 35.8 Å². The third-order valence-electron chi connectivity index (χ3n) is 5.88. The minimum absolute atomic E-state index is 0.214. The molecule has 3 heterocycles. The molecule has 3 aromatic carbocycles. The standard InChI is InChI=1S/C25H20N6O.C2H4O2/c26-11-15-4-3-5-16(8-15)13-31-14-19(18-6-1-2-7-23(18)31)24-25(32)29-21-9-17-12-27-30-20(17)10-22(21)28-24;1-2(3)4/h1-10,12,14H,11,13,26H2,(H,27,30)(H,29,32);1H3,(H,3,4). The maximum absolute atomic E-state index is 13.0. The number of nitrogens with one attached hydrogen (secondary N) is 2. The van der Waals surface area contributed by atoms with Crippen LogP contribution >= 0.6 is 0 Å². The number of nitrogens with zero attached hydrogens (tertiary/aromatic N) is 3. The Hall–Kier alpha value is -4.76. The highest BCUT2D eigenvalue weighted by Crippen LogP contribution is 2.29. The molecule has 0 aliphatic carbocycles. The molecule has 3 aromatic heterocycles. The predicted molar refractivity (Wildman–Crippen MR) is 140 cm³/mol. The summed E-state index contributed by atoms with van der Waals surface area (Å²) in [4.78, 5) is 29.8. The van der Waals surface area contributed by atoms with Gasteiger partial charge in [0.2, 0.25) is 0 Å². The van der Waals surface area contributed by atoms with Gasteiger partial charge >= 0.3 is 0 Å². The topological polar surface area (TPSA) is 143 Å². The van der Waals surface area contributed by atoms with E-state index in [1.807, 2.05) is 48.7 Å². The molecule has 9 nitrogen and oxygen atoms in total. The van der Waals surface area contributed by atoms with E-state index in [4.69, 9.17) is 20.6 Å². The van der Waals surface area contributed by atoms with Gasteiger partial charge in [-0.3, -0.25) is 14.7 Å². The number of hydrogen-bond acceptors (Lipinski definition) is 5. The number of carbonyl (C=O) groups is 1. The summed E-state index contributed by atoms with van der Waals surface area (Å²) in [7, 11) is 0. The molecular weight excluding hydrogens is 456 g/mol. The molecule has 0 saturated carbocycles. The Morgan fingerprint density at radius 3 is 2.64 bits per heavy atom. The number of carboxylic acid groups (broad SMARTS) is 1. The summed E-state index contributed by atoms with van der Waals surface area (Å²) in [6.45, 7) is 2.26. The highest BCUT2D eigenvalue weighted by Gasteiger charge is 2.16. The van der Waals surface area contributed by atoms with Gasteiger partial charge in [0.05, 0.1) is 22.7 Å². The van der Waals surface area contributed by atoms with Crippen molar-refractivity contribution in [3.8, 4) is 11.3 Å². The van der Waals surface area contributed by atoms with Crippen LogP contribution in [0.25, 0.3) is 44.1 Å². The van der Waals surface area contributed by atoms with Crippen molar-refractivity contribution in [3.05, 3.63) is 94.5 Å². The van der Waals surface area contributed by atoms with Gasteiger partial charge in [0.1, 0.15) is 5.69 Å². The Morgan fingerprint density at radius 1 is 1.06 bits per heavy atom. The van der Waals surface area contributed by atoms with Crippen LogP contribution < -0.4 is 11.3 Å². The molecule has 0 saturated heterocycles. The Kier molecular flexibility index (Phi) is 6.05. The lowest BCUT2D eigenvalue weighted by molar-refractivity contribution is -0.134. The lowest BCUT2D eigenvalue weighted by Crippen LogP contribution is -2.11. The second kappa shape index (κ2) is 9.47. The van der Waals surface area contributed by atoms with E-state index < -0.39 is 5.97 Å². The quantitative estimate of drug-likeness (QED) is 0.300. The van der Waals surface area contributed by atoms with Crippen LogP contribution in [0.15, 0.2) is 77.9 Å². The number of rotatable bonds is 4. The average molecular weight is 481 g/mol. The Bertz CT molecular complexity index is 1780. The summed E-state index contributed by atoms with van der Waals surface area (Å²) in [5, 5.41) is 16.4. The van der Waals surface area contributed by atoms with E-state index in [1.165, 1.54) is 0 Å². The maximum atomic E-state index is 13.0. The van der Waals surface area contributed by atoms with E-state index in [2.05, 4.69) is 37.9 Å². The summed E-state index contributed by atoms with van der Waals surface area (Å²) in [5.74, 6) is -0.833. The van der Waals surface area contributed by atoms with E-state index in [-0.39, 0.29) is 5.56 Å². The van der Waals surface area contributed by atoms with Crippen LogP contribution in [0.2, 0.25) is 0 Å². The summed E-state index contributed by atoms with van der Waals surface area (Å²) >= 11 is 0. The molecule has 0 unspecified atom stereocenters. The zero-order chi connectivity index (χ0) is 25.2.